The number of nitrogens with one attached hydrogen (secondary N) is 1. The van der Waals surface area contributed by atoms with Gasteiger partial charge in [-0.05, 0) is 37.1 Å². The zero-order valence-electron chi connectivity index (χ0n) is 14.1. The number of hydrogen-bond donors (Lipinski definition) is 1. The molecule has 142 valence electrons. The highest BCUT2D eigenvalue weighted by atomic mass is 35.5. The standard InChI is InChI=1S/C17H15ClN2O5S2/c1-11-13(18)4-2-5-14(11)27(22,23)20-17-19-10-12(26-17)7-8-15(21)25-16-6-3-9-24-16/h2-6,9-10H,7-8H2,1H3,(H,19,20). The van der Waals surface area contributed by atoms with Crippen molar-refractivity contribution in [1.29, 1.82) is 0 Å². The number of thiazole rings is 1. The van der Waals surface area contributed by atoms with Crippen LogP contribution in [0.15, 0.2) is 52.1 Å². The summed E-state index contributed by atoms with van der Waals surface area (Å²) in [5.41, 5.74) is 0.462. The first-order valence-electron chi connectivity index (χ1n) is 7.82. The zero-order valence-corrected chi connectivity index (χ0v) is 16.5. The molecule has 0 atom stereocenters. The van der Waals surface area contributed by atoms with Gasteiger partial charge in [0.1, 0.15) is 0 Å². The van der Waals surface area contributed by atoms with E-state index in [0.29, 0.717) is 17.0 Å². The largest absolute Gasteiger partial charge is 0.434 e. The van der Waals surface area contributed by atoms with Crippen molar-refractivity contribution in [3.8, 4) is 5.95 Å². The minimum absolute atomic E-state index is 0.0915. The van der Waals surface area contributed by atoms with Crippen LogP contribution in [0.2, 0.25) is 5.02 Å². The number of carbonyl (C=O) groups excluding carboxylic acids is 1. The fourth-order valence-electron chi connectivity index (χ4n) is 2.23. The molecule has 0 aliphatic carbocycles. The fourth-order valence-corrected chi connectivity index (χ4v) is 4.78. The predicted molar refractivity (Wildman–Crippen MR) is 102 cm³/mol. The molecule has 0 amide bonds. The molecule has 0 bridgehead atoms. The first-order valence-corrected chi connectivity index (χ1v) is 10.5. The van der Waals surface area contributed by atoms with E-state index in [1.54, 1.807) is 25.1 Å². The van der Waals surface area contributed by atoms with E-state index in [4.69, 9.17) is 20.8 Å². The van der Waals surface area contributed by atoms with Gasteiger partial charge >= 0.3 is 5.97 Å². The van der Waals surface area contributed by atoms with Crippen LogP contribution in [0, 0.1) is 6.92 Å². The Morgan fingerprint density at radius 3 is 2.89 bits per heavy atom. The third-order valence-electron chi connectivity index (χ3n) is 3.57. The van der Waals surface area contributed by atoms with Crippen LogP contribution in [0.4, 0.5) is 5.13 Å². The zero-order chi connectivity index (χ0) is 19.4. The number of aryl methyl sites for hydroxylation is 1. The van der Waals surface area contributed by atoms with Gasteiger partial charge in [-0.25, -0.2) is 13.4 Å². The molecule has 3 rings (SSSR count). The Hall–Kier alpha value is -2.36. The Kier molecular flexibility index (Phi) is 5.83. The third-order valence-corrected chi connectivity index (χ3v) is 6.56. The number of sulfonamides is 1. The Morgan fingerprint density at radius 2 is 2.15 bits per heavy atom. The molecule has 2 aromatic heterocycles. The second-order valence-corrected chi connectivity index (χ2v) is 8.68. The molecule has 0 aliphatic rings. The van der Waals surface area contributed by atoms with E-state index in [9.17, 15) is 13.2 Å². The Labute approximate surface area is 165 Å². The summed E-state index contributed by atoms with van der Waals surface area (Å²) < 4.78 is 37.5. The summed E-state index contributed by atoms with van der Waals surface area (Å²) in [5.74, 6) is -0.315. The number of carbonyl (C=O) groups is 1. The maximum Gasteiger partial charge on any atom is 0.313 e. The highest BCUT2D eigenvalue weighted by Crippen LogP contribution is 2.27. The van der Waals surface area contributed by atoms with Crippen LogP contribution in [0.3, 0.4) is 0 Å². The molecule has 0 saturated carbocycles. The number of anilines is 1. The highest BCUT2D eigenvalue weighted by Gasteiger charge is 2.20. The number of ether oxygens (including phenoxy) is 1. The van der Waals surface area contributed by atoms with Gasteiger partial charge in [0.05, 0.1) is 17.6 Å². The number of esters is 1. The van der Waals surface area contributed by atoms with Crippen molar-refractivity contribution >= 4 is 44.1 Å². The van der Waals surface area contributed by atoms with E-state index in [1.807, 2.05) is 0 Å². The summed E-state index contributed by atoms with van der Waals surface area (Å²) in [4.78, 5) is 16.6. The van der Waals surface area contributed by atoms with E-state index in [2.05, 4.69) is 9.71 Å². The normalized spacial score (nSPS) is 11.3. The lowest BCUT2D eigenvalue weighted by Crippen LogP contribution is -2.14. The summed E-state index contributed by atoms with van der Waals surface area (Å²) in [6, 6.07) is 7.82. The van der Waals surface area contributed by atoms with Crippen LogP contribution >= 0.6 is 22.9 Å². The quantitative estimate of drug-likeness (QED) is 0.572. The van der Waals surface area contributed by atoms with Crippen LogP contribution in [0.25, 0.3) is 0 Å². The molecule has 27 heavy (non-hydrogen) atoms. The van der Waals surface area contributed by atoms with Crippen LogP contribution in [0.1, 0.15) is 16.9 Å². The second-order valence-electron chi connectivity index (χ2n) is 5.51. The molecule has 1 aromatic carbocycles. The molecule has 1 N–H and O–H groups in total. The SMILES string of the molecule is Cc1c(Cl)cccc1S(=O)(=O)Nc1ncc(CCC(=O)Oc2ccco2)s1. The summed E-state index contributed by atoms with van der Waals surface area (Å²) in [6.45, 7) is 1.63. The number of benzene rings is 1. The molecule has 0 saturated heterocycles. The maximum absolute atomic E-state index is 12.5. The number of hydrogen-bond acceptors (Lipinski definition) is 7. The minimum atomic E-state index is -3.81. The monoisotopic (exact) mass is 426 g/mol. The van der Waals surface area contributed by atoms with Gasteiger partial charge in [0.25, 0.3) is 16.0 Å². The van der Waals surface area contributed by atoms with Crippen molar-refractivity contribution in [2.75, 3.05) is 4.72 Å². The summed E-state index contributed by atoms with van der Waals surface area (Å²) in [5, 5.41) is 0.580. The lowest BCUT2D eigenvalue weighted by Gasteiger charge is -2.09. The topological polar surface area (TPSA) is 98.5 Å². The Morgan fingerprint density at radius 1 is 1.33 bits per heavy atom. The average Bonchev–Trinajstić information content (AvgIpc) is 3.27. The van der Waals surface area contributed by atoms with E-state index in [1.165, 1.54) is 24.6 Å². The van der Waals surface area contributed by atoms with Gasteiger partial charge in [-0.3, -0.25) is 9.52 Å². The lowest BCUT2D eigenvalue weighted by atomic mass is 10.2. The molecule has 3 aromatic rings. The van der Waals surface area contributed by atoms with E-state index >= 15 is 0 Å². The first-order chi connectivity index (χ1) is 12.8. The van der Waals surface area contributed by atoms with Gasteiger partial charge in [-0.2, -0.15) is 0 Å². The molecular formula is C17H15ClN2O5S2. The van der Waals surface area contributed by atoms with Crippen LogP contribution < -0.4 is 9.46 Å². The predicted octanol–water partition coefficient (Wildman–Crippen LogP) is 4.04. The summed E-state index contributed by atoms with van der Waals surface area (Å²) in [7, 11) is -3.81. The molecule has 0 fully saturated rings. The minimum Gasteiger partial charge on any atom is -0.434 e. The van der Waals surface area contributed by atoms with Crippen molar-refractivity contribution < 1.29 is 22.4 Å². The number of halogens is 1. The number of rotatable bonds is 7. The second kappa shape index (κ2) is 8.12. The van der Waals surface area contributed by atoms with Crippen LogP contribution in [-0.4, -0.2) is 19.4 Å². The number of nitrogens with zero attached hydrogens (tertiary/aromatic N) is 1. The summed E-state index contributed by atoms with van der Waals surface area (Å²) in [6.07, 6.45) is 3.41. The fraction of sp³-hybridized carbons (Fsp3) is 0.176. The average molecular weight is 427 g/mol. The van der Waals surface area contributed by atoms with E-state index in [0.717, 1.165) is 16.2 Å². The van der Waals surface area contributed by atoms with Gasteiger partial charge in [-0.15, -0.1) is 11.3 Å². The van der Waals surface area contributed by atoms with Gasteiger partial charge in [0, 0.05) is 22.2 Å². The Bertz CT molecular complexity index is 1050. The molecule has 0 aliphatic heterocycles. The molecular weight excluding hydrogens is 412 g/mol. The lowest BCUT2D eigenvalue weighted by molar-refractivity contribution is -0.135. The first kappa shape index (κ1) is 19.4. The molecule has 2 heterocycles. The van der Waals surface area contributed by atoms with E-state index < -0.39 is 16.0 Å². The van der Waals surface area contributed by atoms with Crippen molar-refractivity contribution in [3.63, 3.8) is 0 Å². The van der Waals surface area contributed by atoms with Crippen molar-refractivity contribution in [2.24, 2.45) is 0 Å². The van der Waals surface area contributed by atoms with Crippen molar-refractivity contribution in [1.82, 2.24) is 4.98 Å². The van der Waals surface area contributed by atoms with Gasteiger partial charge in [-0.1, -0.05) is 17.7 Å². The van der Waals surface area contributed by atoms with Crippen LogP contribution in [0.5, 0.6) is 5.95 Å². The molecule has 10 heteroatoms. The van der Waals surface area contributed by atoms with Gasteiger partial charge < -0.3 is 9.15 Å². The number of furan rings is 1. The molecule has 7 nitrogen and oxygen atoms in total. The Balaban J connectivity index is 1.62. The highest BCUT2D eigenvalue weighted by molar-refractivity contribution is 7.93. The molecule has 0 radical (unpaired) electrons. The van der Waals surface area contributed by atoms with Gasteiger partial charge in [0.15, 0.2) is 5.13 Å². The van der Waals surface area contributed by atoms with Crippen LogP contribution in [-0.2, 0) is 21.2 Å². The number of aromatic nitrogens is 1. The molecule has 0 spiro atoms. The van der Waals surface area contributed by atoms with Crippen molar-refractivity contribution in [3.05, 3.63) is 58.3 Å². The third kappa shape index (κ3) is 4.88. The maximum atomic E-state index is 12.5. The molecule has 0 unspecified atom stereocenters. The van der Waals surface area contributed by atoms with Gasteiger partial charge in [0.2, 0.25) is 0 Å². The van der Waals surface area contributed by atoms with Crippen molar-refractivity contribution in [2.45, 2.75) is 24.7 Å². The summed E-state index contributed by atoms with van der Waals surface area (Å²) >= 11 is 7.14. The van der Waals surface area contributed by atoms with E-state index in [-0.39, 0.29) is 22.4 Å². The smallest absolute Gasteiger partial charge is 0.313 e.